The number of fused-ring (bicyclic) bond motifs is 3. The molecule has 0 bridgehead atoms. The molecule has 1 unspecified atom stereocenters. The molecule has 3 aliphatic rings. The third-order valence-electron chi connectivity index (χ3n) is 6.77. The van der Waals surface area contributed by atoms with Gasteiger partial charge in [0.15, 0.2) is 11.5 Å². The highest BCUT2D eigenvalue weighted by molar-refractivity contribution is 5.92. The minimum atomic E-state index is -0.600. The highest BCUT2D eigenvalue weighted by atomic mass is 16.6. The van der Waals surface area contributed by atoms with Crippen LogP contribution in [0.25, 0.3) is 0 Å². The van der Waals surface area contributed by atoms with Gasteiger partial charge in [-0.05, 0) is 55.2 Å². The summed E-state index contributed by atoms with van der Waals surface area (Å²) in [6.07, 6.45) is 5.84. The Kier molecular flexibility index (Phi) is 4.72. The number of hydrogen-bond acceptors (Lipinski definition) is 5. The van der Waals surface area contributed by atoms with Crippen molar-refractivity contribution in [3.05, 3.63) is 47.3 Å². The van der Waals surface area contributed by atoms with Crippen molar-refractivity contribution in [1.82, 2.24) is 9.88 Å². The highest BCUT2D eigenvalue weighted by Gasteiger charge is 2.46. The van der Waals surface area contributed by atoms with Crippen LogP contribution in [0.5, 0.6) is 11.5 Å². The van der Waals surface area contributed by atoms with E-state index < -0.39 is 5.91 Å². The first-order valence-electron chi connectivity index (χ1n) is 10.7. The fourth-order valence-corrected chi connectivity index (χ4v) is 5.16. The number of carbonyl (C=O) groups is 2. The zero-order valence-corrected chi connectivity index (χ0v) is 17.5. The molecule has 8 nitrogen and oxygen atoms in total. The largest absolute Gasteiger partial charge is 0.486 e. The molecule has 1 spiro atoms. The van der Waals surface area contributed by atoms with Crippen molar-refractivity contribution in [1.29, 1.82) is 0 Å². The van der Waals surface area contributed by atoms with E-state index in [4.69, 9.17) is 15.2 Å². The van der Waals surface area contributed by atoms with Gasteiger partial charge >= 0.3 is 6.03 Å². The Bertz CT molecular complexity index is 1030. The Balaban J connectivity index is 1.46. The molecule has 2 aromatic rings. The monoisotopic (exact) mass is 422 g/mol. The predicted molar refractivity (Wildman–Crippen MR) is 114 cm³/mol. The quantitative estimate of drug-likeness (QED) is 0.772. The van der Waals surface area contributed by atoms with Crippen LogP contribution in [0.1, 0.15) is 60.3 Å². The number of benzene rings is 1. The minimum Gasteiger partial charge on any atom is -0.486 e. The van der Waals surface area contributed by atoms with Crippen molar-refractivity contribution in [2.45, 2.75) is 44.1 Å². The van der Waals surface area contributed by atoms with E-state index in [2.05, 4.69) is 22.4 Å². The van der Waals surface area contributed by atoms with Crippen molar-refractivity contribution in [3.8, 4) is 11.5 Å². The smallest absolute Gasteiger partial charge is 0.322 e. The molecule has 8 heteroatoms. The van der Waals surface area contributed by atoms with Gasteiger partial charge in [-0.15, -0.1) is 0 Å². The number of primary amides is 1. The molecule has 0 radical (unpaired) electrons. The number of carbonyl (C=O) groups excluding carboxylic acids is 2. The number of hydrogen-bond donors (Lipinski definition) is 2. The standard InChI is InChI=1S/C23H26N4O4/c1-14-16-10-19-20(31-9-8-30-19)11-17(16)23(6-2-3-7-23)13-27(14)22(29)26-15-4-5-18(21(24)28)25-12-15/h4-5,10-12,14H,2-3,6-9,13H2,1H3,(H2,24,28)(H,26,29). The van der Waals surface area contributed by atoms with Crippen LogP contribution in [-0.2, 0) is 5.41 Å². The number of ether oxygens (including phenoxy) is 2. The Morgan fingerprint density at radius 3 is 2.52 bits per heavy atom. The number of amides is 3. The average Bonchev–Trinajstić information content (AvgIpc) is 3.25. The number of nitrogens with zero attached hydrogens (tertiary/aromatic N) is 2. The van der Waals surface area contributed by atoms with Gasteiger partial charge in [0.05, 0.1) is 17.9 Å². The molecule has 0 saturated heterocycles. The third-order valence-corrected chi connectivity index (χ3v) is 6.77. The van der Waals surface area contributed by atoms with Crippen LogP contribution in [0.4, 0.5) is 10.5 Å². The van der Waals surface area contributed by atoms with Crippen LogP contribution in [-0.4, -0.2) is 41.6 Å². The average molecular weight is 422 g/mol. The van der Waals surface area contributed by atoms with Crippen LogP contribution in [0, 0.1) is 0 Å². The van der Waals surface area contributed by atoms with Gasteiger partial charge in [-0.1, -0.05) is 12.8 Å². The molecular weight excluding hydrogens is 396 g/mol. The molecule has 5 rings (SSSR count). The maximum atomic E-state index is 13.3. The van der Waals surface area contributed by atoms with E-state index in [-0.39, 0.29) is 23.2 Å². The van der Waals surface area contributed by atoms with E-state index in [0.29, 0.717) is 25.4 Å². The number of nitrogens with two attached hydrogens (primary N) is 1. The van der Waals surface area contributed by atoms with E-state index in [1.165, 1.54) is 17.8 Å². The molecular formula is C23H26N4O4. The summed E-state index contributed by atoms with van der Waals surface area (Å²) in [5.74, 6) is 0.956. The number of aromatic nitrogens is 1. The second-order valence-corrected chi connectivity index (χ2v) is 8.60. The van der Waals surface area contributed by atoms with Crippen LogP contribution >= 0.6 is 0 Å². The van der Waals surface area contributed by atoms with Gasteiger partial charge in [0.25, 0.3) is 5.91 Å². The SMILES string of the molecule is CC1c2cc3c(cc2C2(CCCC2)CN1C(=O)Nc1ccc(C(N)=O)nc1)OCCO3. The highest BCUT2D eigenvalue weighted by Crippen LogP contribution is 2.51. The molecule has 1 atom stereocenters. The van der Waals surface area contributed by atoms with E-state index in [0.717, 1.165) is 42.7 Å². The van der Waals surface area contributed by atoms with Gasteiger partial charge in [0, 0.05) is 12.0 Å². The third kappa shape index (κ3) is 3.36. The zero-order chi connectivity index (χ0) is 21.6. The molecule has 1 aromatic heterocycles. The van der Waals surface area contributed by atoms with Gasteiger partial charge in [0.2, 0.25) is 0 Å². The van der Waals surface area contributed by atoms with Gasteiger partial charge in [-0.3, -0.25) is 4.79 Å². The fourth-order valence-electron chi connectivity index (χ4n) is 5.16. The lowest BCUT2D eigenvalue weighted by Crippen LogP contribution is -2.50. The lowest BCUT2D eigenvalue weighted by Gasteiger charge is -2.46. The first-order chi connectivity index (χ1) is 15.0. The molecule has 31 heavy (non-hydrogen) atoms. The van der Waals surface area contributed by atoms with Crippen LogP contribution in [0.15, 0.2) is 30.5 Å². The summed E-state index contributed by atoms with van der Waals surface area (Å²) in [6, 6.07) is 7.04. The molecule has 162 valence electrons. The van der Waals surface area contributed by atoms with Crippen molar-refractivity contribution >= 4 is 17.6 Å². The van der Waals surface area contributed by atoms with E-state index >= 15 is 0 Å². The number of nitrogens with one attached hydrogen (secondary N) is 1. The van der Waals surface area contributed by atoms with Gasteiger partial charge in [-0.25, -0.2) is 9.78 Å². The lowest BCUT2D eigenvalue weighted by atomic mass is 9.71. The van der Waals surface area contributed by atoms with Gasteiger partial charge < -0.3 is 25.4 Å². The number of pyridine rings is 1. The van der Waals surface area contributed by atoms with Crippen LogP contribution < -0.4 is 20.5 Å². The van der Waals surface area contributed by atoms with Gasteiger partial charge in [-0.2, -0.15) is 0 Å². The van der Waals surface area contributed by atoms with E-state index in [9.17, 15) is 9.59 Å². The van der Waals surface area contributed by atoms with Gasteiger partial charge in [0.1, 0.15) is 18.9 Å². The zero-order valence-electron chi connectivity index (χ0n) is 17.5. The number of rotatable bonds is 2. The summed E-state index contributed by atoms with van der Waals surface area (Å²) in [7, 11) is 0. The minimum absolute atomic E-state index is 0.0664. The summed E-state index contributed by atoms with van der Waals surface area (Å²) in [5.41, 5.74) is 8.27. The first-order valence-corrected chi connectivity index (χ1v) is 10.7. The summed E-state index contributed by atoms with van der Waals surface area (Å²) in [5, 5.41) is 2.92. The summed E-state index contributed by atoms with van der Waals surface area (Å²) < 4.78 is 11.7. The van der Waals surface area contributed by atoms with E-state index in [1.807, 2.05) is 11.8 Å². The normalized spacial score (nSPS) is 20.9. The Hall–Kier alpha value is -3.29. The maximum Gasteiger partial charge on any atom is 0.322 e. The fraction of sp³-hybridized carbons (Fsp3) is 0.435. The molecule has 3 heterocycles. The summed E-state index contributed by atoms with van der Waals surface area (Å²) >= 11 is 0. The Morgan fingerprint density at radius 2 is 1.87 bits per heavy atom. The van der Waals surface area contributed by atoms with E-state index in [1.54, 1.807) is 6.07 Å². The van der Waals surface area contributed by atoms with Crippen molar-refractivity contribution < 1.29 is 19.1 Å². The Morgan fingerprint density at radius 1 is 1.16 bits per heavy atom. The van der Waals surface area contributed by atoms with Crippen molar-refractivity contribution in [3.63, 3.8) is 0 Å². The molecule has 1 aromatic carbocycles. The number of anilines is 1. The summed E-state index contributed by atoms with van der Waals surface area (Å²) in [6.45, 7) is 3.79. The molecule has 3 amide bonds. The van der Waals surface area contributed by atoms with Crippen molar-refractivity contribution in [2.75, 3.05) is 25.1 Å². The topological polar surface area (TPSA) is 107 Å². The van der Waals surface area contributed by atoms with Crippen molar-refractivity contribution in [2.24, 2.45) is 5.73 Å². The maximum absolute atomic E-state index is 13.3. The molecule has 1 aliphatic carbocycles. The summed E-state index contributed by atoms with van der Waals surface area (Å²) in [4.78, 5) is 30.4. The molecule has 3 N–H and O–H groups in total. The molecule has 1 fully saturated rings. The lowest BCUT2D eigenvalue weighted by molar-refractivity contribution is 0.0995. The number of urea groups is 1. The second kappa shape index (κ2) is 7.44. The van der Waals surface area contributed by atoms with Crippen LogP contribution in [0.3, 0.4) is 0 Å². The van der Waals surface area contributed by atoms with Crippen LogP contribution in [0.2, 0.25) is 0 Å². The molecule has 2 aliphatic heterocycles. The molecule has 1 saturated carbocycles. The first kappa shape index (κ1) is 19.7. The predicted octanol–water partition coefficient (Wildman–Crippen LogP) is 3.37. The second-order valence-electron chi connectivity index (χ2n) is 8.60. The Labute approximate surface area is 180 Å².